The van der Waals surface area contributed by atoms with E-state index < -0.39 is 10.7 Å². The van der Waals surface area contributed by atoms with Crippen LogP contribution in [0.25, 0.3) is 0 Å². The van der Waals surface area contributed by atoms with E-state index in [9.17, 15) is 14.5 Å². The van der Waals surface area contributed by atoms with E-state index in [1.165, 1.54) is 12.1 Å². The van der Waals surface area contributed by atoms with Crippen molar-refractivity contribution in [3.05, 3.63) is 69.5 Å². The molecular weight excluding hydrogens is 285 g/mol. The molecule has 6 heteroatoms. The number of fused-ring (bicyclic) bond motifs is 1. The fourth-order valence-electron chi connectivity index (χ4n) is 2.93. The van der Waals surface area contributed by atoms with Crippen LogP contribution in [0, 0.1) is 15.9 Å². The van der Waals surface area contributed by atoms with Crippen LogP contribution < -0.4 is 10.6 Å². The molecule has 0 saturated carbocycles. The van der Waals surface area contributed by atoms with Gasteiger partial charge in [0, 0.05) is 30.9 Å². The average molecular weight is 301 g/mol. The summed E-state index contributed by atoms with van der Waals surface area (Å²) >= 11 is 0. The lowest BCUT2D eigenvalue weighted by molar-refractivity contribution is -0.385. The summed E-state index contributed by atoms with van der Waals surface area (Å²) < 4.78 is 13.5. The van der Waals surface area contributed by atoms with Gasteiger partial charge in [0.05, 0.1) is 10.5 Å². The number of benzene rings is 2. The van der Waals surface area contributed by atoms with Crippen molar-refractivity contribution in [1.82, 2.24) is 0 Å². The number of anilines is 1. The molecule has 1 unspecified atom stereocenters. The molecule has 0 bridgehead atoms. The predicted octanol–water partition coefficient (Wildman–Crippen LogP) is 2.62. The zero-order valence-electron chi connectivity index (χ0n) is 11.9. The Morgan fingerprint density at radius 1 is 1.32 bits per heavy atom. The minimum Gasteiger partial charge on any atom is -0.365 e. The molecule has 0 radical (unpaired) electrons. The van der Waals surface area contributed by atoms with Crippen LogP contribution in [-0.2, 0) is 13.0 Å². The van der Waals surface area contributed by atoms with Crippen molar-refractivity contribution < 1.29 is 9.31 Å². The highest BCUT2D eigenvalue weighted by Crippen LogP contribution is 2.30. The molecule has 1 heterocycles. The molecule has 0 fully saturated rings. The van der Waals surface area contributed by atoms with E-state index in [0.29, 0.717) is 12.1 Å². The average Bonchev–Trinajstić information content (AvgIpc) is 2.46. The van der Waals surface area contributed by atoms with Crippen LogP contribution >= 0.6 is 0 Å². The van der Waals surface area contributed by atoms with E-state index in [0.717, 1.165) is 23.7 Å². The van der Waals surface area contributed by atoms with Gasteiger partial charge in [-0.3, -0.25) is 10.1 Å². The van der Waals surface area contributed by atoms with E-state index in [1.54, 1.807) is 0 Å². The largest absolute Gasteiger partial charge is 0.365 e. The van der Waals surface area contributed by atoms with Crippen molar-refractivity contribution in [2.24, 2.45) is 5.73 Å². The van der Waals surface area contributed by atoms with E-state index in [-0.39, 0.29) is 18.3 Å². The molecule has 1 atom stereocenters. The Hall–Kier alpha value is -2.47. The van der Waals surface area contributed by atoms with Crippen LogP contribution in [0.1, 0.15) is 11.1 Å². The molecule has 5 nitrogen and oxygen atoms in total. The van der Waals surface area contributed by atoms with E-state index in [2.05, 4.69) is 0 Å². The third-order valence-electron chi connectivity index (χ3n) is 3.87. The number of rotatable bonds is 3. The van der Waals surface area contributed by atoms with Gasteiger partial charge in [-0.2, -0.15) is 0 Å². The lowest BCUT2D eigenvalue weighted by Gasteiger charge is -2.34. The van der Waals surface area contributed by atoms with Crippen LogP contribution in [0.2, 0.25) is 0 Å². The Kier molecular flexibility index (Phi) is 3.77. The first kappa shape index (κ1) is 14.5. The second-order valence-electron chi connectivity index (χ2n) is 5.50. The van der Waals surface area contributed by atoms with Crippen molar-refractivity contribution in [3.8, 4) is 0 Å². The van der Waals surface area contributed by atoms with Gasteiger partial charge in [0.25, 0.3) is 5.69 Å². The number of hydrogen-bond donors (Lipinski definition) is 1. The molecule has 2 N–H and O–H groups in total. The van der Waals surface area contributed by atoms with Crippen LogP contribution in [0.3, 0.4) is 0 Å². The standard InChI is InChI=1S/C16H16FN3O2/c17-13-5-6-16(20(21)22)12(7-13)9-19-10-14(18)8-11-3-1-2-4-15(11)19/h1-7,14H,8-10,18H2. The topological polar surface area (TPSA) is 72.4 Å². The molecule has 1 aliphatic rings. The van der Waals surface area contributed by atoms with E-state index in [4.69, 9.17) is 5.73 Å². The molecule has 2 aromatic rings. The molecule has 22 heavy (non-hydrogen) atoms. The summed E-state index contributed by atoms with van der Waals surface area (Å²) in [6.45, 7) is 0.851. The van der Waals surface area contributed by atoms with Gasteiger partial charge < -0.3 is 10.6 Å². The molecule has 0 aliphatic carbocycles. The summed E-state index contributed by atoms with van der Waals surface area (Å²) in [5.41, 5.74) is 8.47. The summed E-state index contributed by atoms with van der Waals surface area (Å²) in [5.74, 6) is -0.477. The highest BCUT2D eigenvalue weighted by molar-refractivity contribution is 5.57. The summed E-state index contributed by atoms with van der Waals surface area (Å²) in [7, 11) is 0. The number of hydrogen-bond acceptors (Lipinski definition) is 4. The van der Waals surface area contributed by atoms with Crippen LogP contribution in [0.15, 0.2) is 42.5 Å². The minimum absolute atomic E-state index is 0.0393. The normalized spacial score (nSPS) is 17.2. The second kappa shape index (κ2) is 5.73. The van der Waals surface area contributed by atoms with Crippen LogP contribution in [0.5, 0.6) is 0 Å². The van der Waals surface area contributed by atoms with Gasteiger partial charge in [-0.05, 0) is 30.2 Å². The fraction of sp³-hybridized carbons (Fsp3) is 0.250. The van der Waals surface area contributed by atoms with Gasteiger partial charge in [0.15, 0.2) is 0 Å². The first-order valence-electron chi connectivity index (χ1n) is 7.06. The van der Waals surface area contributed by atoms with Gasteiger partial charge in [-0.1, -0.05) is 18.2 Å². The zero-order valence-corrected chi connectivity index (χ0v) is 11.9. The van der Waals surface area contributed by atoms with Crippen molar-refractivity contribution in [2.75, 3.05) is 11.4 Å². The third-order valence-corrected chi connectivity index (χ3v) is 3.87. The second-order valence-corrected chi connectivity index (χ2v) is 5.50. The maximum atomic E-state index is 13.5. The summed E-state index contributed by atoms with van der Waals surface area (Å²) in [5, 5.41) is 11.1. The minimum atomic E-state index is -0.482. The highest BCUT2D eigenvalue weighted by atomic mass is 19.1. The number of nitrogens with zero attached hydrogens (tertiary/aromatic N) is 2. The summed E-state index contributed by atoms with van der Waals surface area (Å²) in [6, 6.07) is 11.3. The lowest BCUT2D eigenvalue weighted by atomic mass is 9.97. The number of halogens is 1. The monoisotopic (exact) mass is 301 g/mol. The Labute approximate surface area is 127 Å². The molecule has 0 aromatic heterocycles. The van der Waals surface area contributed by atoms with E-state index >= 15 is 0 Å². The fourth-order valence-corrected chi connectivity index (χ4v) is 2.93. The Morgan fingerprint density at radius 3 is 2.86 bits per heavy atom. The first-order valence-corrected chi connectivity index (χ1v) is 7.06. The molecule has 3 rings (SSSR count). The molecule has 0 saturated heterocycles. The smallest absolute Gasteiger partial charge is 0.274 e. The third kappa shape index (κ3) is 2.78. The zero-order chi connectivity index (χ0) is 15.7. The summed E-state index contributed by atoms with van der Waals surface area (Å²) in [4.78, 5) is 12.6. The van der Waals surface area contributed by atoms with Crippen LogP contribution in [0.4, 0.5) is 15.8 Å². The van der Waals surface area contributed by atoms with Gasteiger partial charge >= 0.3 is 0 Å². The maximum absolute atomic E-state index is 13.5. The molecule has 0 spiro atoms. The number of nitro groups is 1. The first-order chi connectivity index (χ1) is 10.5. The summed E-state index contributed by atoms with van der Waals surface area (Å²) in [6.07, 6.45) is 0.776. The number of para-hydroxylation sites is 1. The predicted molar refractivity (Wildman–Crippen MR) is 82.2 cm³/mol. The quantitative estimate of drug-likeness (QED) is 0.698. The van der Waals surface area contributed by atoms with Gasteiger partial charge in [-0.25, -0.2) is 4.39 Å². The molecule has 2 aromatic carbocycles. The number of nitrogens with two attached hydrogens (primary N) is 1. The Bertz CT molecular complexity index is 720. The molecular formula is C16H16FN3O2. The van der Waals surface area contributed by atoms with Crippen molar-refractivity contribution in [3.63, 3.8) is 0 Å². The van der Waals surface area contributed by atoms with Gasteiger partial charge in [-0.15, -0.1) is 0 Å². The van der Waals surface area contributed by atoms with Gasteiger partial charge in [0.1, 0.15) is 5.82 Å². The molecule has 114 valence electrons. The molecule has 0 amide bonds. The van der Waals surface area contributed by atoms with Gasteiger partial charge in [0.2, 0.25) is 0 Å². The Balaban J connectivity index is 1.97. The van der Waals surface area contributed by atoms with Crippen molar-refractivity contribution >= 4 is 11.4 Å². The van der Waals surface area contributed by atoms with Crippen molar-refractivity contribution in [1.29, 1.82) is 0 Å². The Morgan fingerprint density at radius 2 is 2.09 bits per heavy atom. The van der Waals surface area contributed by atoms with Crippen molar-refractivity contribution in [2.45, 2.75) is 19.0 Å². The van der Waals surface area contributed by atoms with E-state index in [1.807, 2.05) is 29.2 Å². The highest BCUT2D eigenvalue weighted by Gasteiger charge is 2.24. The maximum Gasteiger partial charge on any atom is 0.274 e. The molecule has 1 aliphatic heterocycles. The SMILES string of the molecule is NC1Cc2ccccc2N(Cc2cc(F)ccc2[N+](=O)[O-])C1. The number of nitro benzene ring substituents is 1. The van der Waals surface area contributed by atoms with Crippen LogP contribution in [-0.4, -0.2) is 17.5 Å². The lowest BCUT2D eigenvalue weighted by Crippen LogP contribution is -2.43.